The van der Waals surface area contributed by atoms with E-state index in [1.165, 1.54) is 12.3 Å². The van der Waals surface area contributed by atoms with Crippen LogP contribution in [-0.4, -0.2) is 23.7 Å². The van der Waals surface area contributed by atoms with E-state index in [4.69, 9.17) is 33.6 Å². The van der Waals surface area contributed by atoms with Gasteiger partial charge in [-0.1, -0.05) is 30.1 Å². The molecule has 21 heavy (non-hydrogen) atoms. The second-order valence-corrected chi connectivity index (χ2v) is 5.05. The van der Waals surface area contributed by atoms with Crippen LogP contribution in [0.3, 0.4) is 0 Å². The van der Waals surface area contributed by atoms with Crippen LogP contribution in [0.25, 0.3) is 0 Å². The molecule has 5 nitrogen and oxygen atoms in total. The molecule has 0 aromatic heterocycles. The first-order chi connectivity index (χ1) is 10.0. The van der Waals surface area contributed by atoms with Crippen LogP contribution in [0.5, 0.6) is 0 Å². The Balaban J connectivity index is 2.83. The molecule has 3 N–H and O–H groups in total. The van der Waals surface area contributed by atoms with Crippen molar-refractivity contribution in [2.45, 2.75) is 19.4 Å². The molecule has 0 saturated heterocycles. The Morgan fingerprint density at radius 1 is 1.52 bits per heavy atom. The molecule has 1 aromatic rings. The molecule has 1 aromatic carbocycles. The minimum atomic E-state index is -0.609. The van der Waals surface area contributed by atoms with Gasteiger partial charge in [-0.05, 0) is 24.6 Å². The standard InChI is InChI=1S/C14H15Cl2N3O2/c1-2-11(8-20)18-7-9(6-17)14(21)19-13-5-10(15)3-4-12(13)16/h3-5,7,11,18,20H,2,8H2,1H3,(H,19,21)/b9-7-. The van der Waals surface area contributed by atoms with Gasteiger partial charge >= 0.3 is 0 Å². The number of aliphatic hydroxyl groups excluding tert-OH is 1. The molecule has 0 heterocycles. The summed E-state index contributed by atoms with van der Waals surface area (Å²) in [6.07, 6.45) is 1.94. The van der Waals surface area contributed by atoms with Crippen molar-refractivity contribution in [3.05, 3.63) is 40.0 Å². The van der Waals surface area contributed by atoms with E-state index < -0.39 is 5.91 Å². The number of rotatable bonds is 6. The summed E-state index contributed by atoms with van der Waals surface area (Å²) in [6.45, 7) is 1.78. The lowest BCUT2D eigenvalue weighted by Gasteiger charge is -2.12. The number of benzene rings is 1. The van der Waals surface area contributed by atoms with Crippen LogP contribution < -0.4 is 10.6 Å². The number of hydrogen-bond donors (Lipinski definition) is 3. The fourth-order valence-corrected chi connectivity index (χ4v) is 1.77. The summed E-state index contributed by atoms with van der Waals surface area (Å²) in [6, 6.07) is 6.21. The van der Waals surface area contributed by atoms with E-state index in [2.05, 4.69) is 10.6 Å². The summed E-state index contributed by atoms with van der Waals surface area (Å²) in [7, 11) is 0. The molecular weight excluding hydrogens is 313 g/mol. The first kappa shape index (κ1) is 17.3. The molecule has 0 radical (unpaired) electrons. The molecule has 0 saturated carbocycles. The summed E-state index contributed by atoms with van der Waals surface area (Å²) < 4.78 is 0. The lowest BCUT2D eigenvalue weighted by Crippen LogP contribution is -2.28. The Labute approximate surface area is 133 Å². The Morgan fingerprint density at radius 3 is 2.81 bits per heavy atom. The summed E-state index contributed by atoms with van der Waals surface area (Å²) in [5.41, 5.74) is 0.197. The maximum absolute atomic E-state index is 12.0. The average molecular weight is 328 g/mol. The Morgan fingerprint density at radius 2 is 2.24 bits per heavy atom. The molecule has 1 amide bonds. The Bertz CT molecular complexity index is 578. The van der Waals surface area contributed by atoms with Gasteiger partial charge in [-0.2, -0.15) is 5.26 Å². The first-order valence-corrected chi connectivity index (χ1v) is 7.01. The van der Waals surface area contributed by atoms with Crippen LogP contribution in [0, 0.1) is 11.3 Å². The van der Waals surface area contributed by atoms with Crippen molar-refractivity contribution in [3.63, 3.8) is 0 Å². The predicted molar refractivity (Wildman–Crippen MR) is 83.1 cm³/mol. The zero-order valence-corrected chi connectivity index (χ0v) is 12.9. The van der Waals surface area contributed by atoms with Crippen molar-refractivity contribution in [2.75, 3.05) is 11.9 Å². The Hall–Kier alpha value is -1.74. The van der Waals surface area contributed by atoms with E-state index in [1.54, 1.807) is 18.2 Å². The molecule has 1 unspecified atom stereocenters. The molecule has 0 bridgehead atoms. The van der Waals surface area contributed by atoms with Gasteiger partial charge in [0.05, 0.1) is 17.3 Å². The largest absolute Gasteiger partial charge is 0.394 e. The van der Waals surface area contributed by atoms with E-state index in [0.29, 0.717) is 22.2 Å². The fraction of sp³-hybridized carbons (Fsp3) is 0.286. The SMILES string of the molecule is CCC(CO)N/C=C(/C#N)C(=O)Nc1cc(Cl)ccc1Cl. The fourth-order valence-electron chi connectivity index (χ4n) is 1.43. The van der Waals surface area contributed by atoms with Crippen molar-refractivity contribution in [2.24, 2.45) is 0 Å². The lowest BCUT2D eigenvalue weighted by molar-refractivity contribution is -0.112. The number of carbonyl (C=O) groups excluding carboxylic acids is 1. The second-order valence-electron chi connectivity index (χ2n) is 4.20. The third-order valence-corrected chi connectivity index (χ3v) is 3.28. The first-order valence-electron chi connectivity index (χ1n) is 6.25. The molecule has 0 spiro atoms. The number of anilines is 1. The second kappa shape index (κ2) is 8.53. The van der Waals surface area contributed by atoms with Crippen molar-refractivity contribution in [3.8, 4) is 6.07 Å². The van der Waals surface area contributed by atoms with Crippen molar-refractivity contribution in [1.29, 1.82) is 5.26 Å². The van der Waals surface area contributed by atoms with Crippen LogP contribution in [-0.2, 0) is 4.79 Å². The Kier molecular flexibility index (Phi) is 7.03. The average Bonchev–Trinajstić information content (AvgIpc) is 2.47. The molecule has 0 aliphatic carbocycles. The number of nitrogens with one attached hydrogen (secondary N) is 2. The number of carbonyl (C=O) groups is 1. The molecule has 1 atom stereocenters. The van der Waals surface area contributed by atoms with Gasteiger partial charge in [0.15, 0.2) is 0 Å². The van der Waals surface area contributed by atoms with Gasteiger partial charge in [0, 0.05) is 17.3 Å². The summed E-state index contributed by atoms with van der Waals surface area (Å²) in [4.78, 5) is 12.0. The predicted octanol–water partition coefficient (Wildman–Crippen LogP) is 2.70. The number of hydrogen-bond acceptors (Lipinski definition) is 4. The van der Waals surface area contributed by atoms with Crippen LogP contribution in [0.2, 0.25) is 10.0 Å². The van der Waals surface area contributed by atoms with E-state index in [-0.39, 0.29) is 18.2 Å². The number of amides is 1. The molecular formula is C14H15Cl2N3O2. The summed E-state index contributed by atoms with van der Waals surface area (Å²) in [5.74, 6) is -0.609. The molecule has 0 fully saturated rings. The summed E-state index contributed by atoms with van der Waals surface area (Å²) in [5, 5.41) is 24.1. The minimum absolute atomic E-state index is 0.0898. The normalized spacial score (nSPS) is 12.4. The van der Waals surface area contributed by atoms with Crippen LogP contribution in [0.1, 0.15) is 13.3 Å². The number of halogens is 2. The number of nitriles is 1. The van der Waals surface area contributed by atoms with Crippen LogP contribution >= 0.6 is 23.2 Å². The third kappa shape index (κ3) is 5.27. The van der Waals surface area contributed by atoms with Gasteiger partial charge in [0.25, 0.3) is 5.91 Å². The van der Waals surface area contributed by atoms with Crippen LogP contribution in [0.15, 0.2) is 30.0 Å². The zero-order chi connectivity index (χ0) is 15.8. The number of aliphatic hydroxyl groups is 1. The third-order valence-electron chi connectivity index (χ3n) is 2.72. The quantitative estimate of drug-likeness (QED) is 0.554. The minimum Gasteiger partial charge on any atom is -0.394 e. The highest BCUT2D eigenvalue weighted by molar-refractivity contribution is 6.35. The van der Waals surface area contributed by atoms with E-state index in [9.17, 15) is 4.79 Å². The molecule has 7 heteroatoms. The topological polar surface area (TPSA) is 85.2 Å². The zero-order valence-electron chi connectivity index (χ0n) is 11.4. The van der Waals surface area contributed by atoms with E-state index in [1.807, 2.05) is 6.92 Å². The molecule has 0 aliphatic heterocycles. The highest BCUT2D eigenvalue weighted by Crippen LogP contribution is 2.25. The van der Waals surface area contributed by atoms with E-state index >= 15 is 0 Å². The molecule has 112 valence electrons. The smallest absolute Gasteiger partial charge is 0.267 e. The van der Waals surface area contributed by atoms with Gasteiger partial charge in [-0.25, -0.2) is 0 Å². The molecule has 1 rings (SSSR count). The van der Waals surface area contributed by atoms with Gasteiger partial charge in [0.2, 0.25) is 0 Å². The van der Waals surface area contributed by atoms with Crippen molar-refractivity contribution < 1.29 is 9.90 Å². The van der Waals surface area contributed by atoms with Crippen LogP contribution in [0.4, 0.5) is 5.69 Å². The van der Waals surface area contributed by atoms with Crippen molar-refractivity contribution >= 4 is 34.8 Å². The highest BCUT2D eigenvalue weighted by atomic mass is 35.5. The van der Waals surface area contributed by atoms with E-state index in [0.717, 1.165) is 0 Å². The summed E-state index contributed by atoms with van der Waals surface area (Å²) >= 11 is 11.8. The maximum Gasteiger partial charge on any atom is 0.267 e. The lowest BCUT2D eigenvalue weighted by atomic mass is 10.2. The maximum atomic E-state index is 12.0. The van der Waals surface area contributed by atoms with Gasteiger partial charge < -0.3 is 15.7 Å². The van der Waals surface area contributed by atoms with Gasteiger partial charge in [0.1, 0.15) is 11.6 Å². The van der Waals surface area contributed by atoms with Crippen molar-refractivity contribution in [1.82, 2.24) is 5.32 Å². The highest BCUT2D eigenvalue weighted by Gasteiger charge is 2.12. The number of nitrogens with zero attached hydrogens (tertiary/aromatic N) is 1. The monoisotopic (exact) mass is 327 g/mol. The molecule has 0 aliphatic rings. The van der Waals surface area contributed by atoms with Gasteiger partial charge in [-0.3, -0.25) is 4.79 Å². The van der Waals surface area contributed by atoms with Gasteiger partial charge in [-0.15, -0.1) is 0 Å².